The highest BCUT2D eigenvalue weighted by molar-refractivity contribution is 5.86. The first-order valence-electron chi connectivity index (χ1n) is 10.6. The van der Waals surface area contributed by atoms with Crippen molar-refractivity contribution in [2.45, 2.75) is 50.7 Å². The fourth-order valence-electron chi connectivity index (χ4n) is 4.03. The molecule has 1 amide bonds. The lowest BCUT2D eigenvalue weighted by molar-refractivity contribution is -0.128. The van der Waals surface area contributed by atoms with Crippen LogP contribution in [0, 0.1) is 23.4 Å². The zero-order valence-electron chi connectivity index (χ0n) is 17.0. The van der Waals surface area contributed by atoms with Crippen LogP contribution in [0.3, 0.4) is 0 Å². The van der Waals surface area contributed by atoms with Crippen LogP contribution in [0.4, 0.5) is 13.2 Å². The van der Waals surface area contributed by atoms with Crippen molar-refractivity contribution in [3.8, 4) is 11.3 Å². The smallest absolute Gasteiger partial charge is 0.223 e. The standard InChI is InChI=1S/C14H8F3N.C10H17NO2/c15-10-3-1-8(2-4-10)13-6-9-5-11(16)7-12(17)14(9)18-13;12-9-6-2-5-8(9)11-10(13)7-3-1-4-7/h1-7,18H;7-9,12H,1-6H2,(H,11,13). The molecular formula is C24H25F3N2O2. The van der Waals surface area contributed by atoms with Gasteiger partial charge in [-0.25, -0.2) is 13.2 Å². The molecule has 2 unspecified atom stereocenters. The molecule has 2 aromatic carbocycles. The Morgan fingerprint density at radius 3 is 2.26 bits per heavy atom. The lowest BCUT2D eigenvalue weighted by atomic mass is 9.84. The third-order valence-electron chi connectivity index (χ3n) is 6.08. The van der Waals surface area contributed by atoms with E-state index in [1.165, 1.54) is 24.6 Å². The molecule has 0 radical (unpaired) electrons. The molecule has 3 N–H and O–H groups in total. The summed E-state index contributed by atoms with van der Waals surface area (Å²) in [6, 6.07) is 9.54. The molecule has 0 bridgehead atoms. The quantitative estimate of drug-likeness (QED) is 0.543. The Balaban J connectivity index is 0.000000158. The highest BCUT2D eigenvalue weighted by atomic mass is 19.1. The van der Waals surface area contributed by atoms with Crippen LogP contribution >= 0.6 is 0 Å². The highest BCUT2D eigenvalue weighted by Gasteiger charge is 2.31. The third kappa shape index (κ3) is 4.93. The van der Waals surface area contributed by atoms with Gasteiger partial charge in [0.05, 0.1) is 17.7 Å². The van der Waals surface area contributed by atoms with Gasteiger partial charge < -0.3 is 15.4 Å². The Morgan fingerprint density at radius 2 is 1.65 bits per heavy atom. The van der Waals surface area contributed by atoms with Gasteiger partial charge in [0.2, 0.25) is 5.91 Å². The summed E-state index contributed by atoms with van der Waals surface area (Å²) >= 11 is 0. The topological polar surface area (TPSA) is 65.1 Å². The summed E-state index contributed by atoms with van der Waals surface area (Å²) in [6.07, 6.45) is 5.78. The average molecular weight is 430 g/mol. The van der Waals surface area contributed by atoms with E-state index in [9.17, 15) is 23.1 Å². The molecule has 2 aliphatic carbocycles. The minimum atomic E-state index is -0.640. The van der Waals surface area contributed by atoms with Crippen molar-refractivity contribution in [1.29, 1.82) is 0 Å². The van der Waals surface area contributed by atoms with Gasteiger partial charge in [-0.1, -0.05) is 6.42 Å². The second-order valence-electron chi connectivity index (χ2n) is 8.28. The molecule has 3 aromatic rings. The van der Waals surface area contributed by atoms with Crippen molar-refractivity contribution < 1.29 is 23.1 Å². The molecule has 1 aromatic heterocycles. The van der Waals surface area contributed by atoms with Gasteiger partial charge in [0.15, 0.2) is 0 Å². The first-order valence-corrected chi connectivity index (χ1v) is 10.6. The van der Waals surface area contributed by atoms with E-state index in [4.69, 9.17) is 0 Å². The van der Waals surface area contributed by atoms with Gasteiger partial charge in [-0.2, -0.15) is 0 Å². The van der Waals surface area contributed by atoms with E-state index in [0.717, 1.165) is 38.2 Å². The summed E-state index contributed by atoms with van der Waals surface area (Å²) in [5.41, 5.74) is 1.58. The number of fused-ring (bicyclic) bond motifs is 1. The summed E-state index contributed by atoms with van der Waals surface area (Å²) in [7, 11) is 0. The molecule has 0 aliphatic heterocycles. The molecule has 1 heterocycles. The molecule has 0 saturated heterocycles. The van der Waals surface area contributed by atoms with E-state index < -0.39 is 11.6 Å². The van der Waals surface area contributed by atoms with E-state index in [0.29, 0.717) is 16.6 Å². The molecule has 164 valence electrons. The van der Waals surface area contributed by atoms with Crippen molar-refractivity contribution in [3.63, 3.8) is 0 Å². The van der Waals surface area contributed by atoms with Gasteiger partial charge in [0.25, 0.3) is 0 Å². The first-order chi connectivity index (χ1) is 14.9. The number of H-pyrrole nitrogens is 1. The monoisotopic (exact) mass is 430 g/mol. The molecule has 4 nitrogen and oxygen atoms in total. The molecule has 0 spiro atoms. The number of aromatic amines is 1. The second-order valence-corrected chi connectivity index (χ2v) is 8.28. The summed E-state index contributed by atoms with van der Waals surface area (Å²) in [6.45, 7) is 0. The molecule has 2 aliphatic rings. The van der Waals surface area contributed by atoms with Gasteiger partial charge in [0, 0.05) is 23.1 Å². The van der Waals surface area contributed by atoms with Gasteiger partial charge in [0.1, 0.15) is 17.5 Å². The predicted octanol–water partition coefficient (Wildman–Crippen LogP) is 5.07. The van der Waals surface area contributed by atoms with Crippen molar-refractivity contribution in [3.05, 3.63) is 59.9 Å². The van der Waals surface area contributed by atoms with E-state index >= 15 is 0 Å². The summed E-state index contributed by atoms with van der Waals surface area (Å²) in [4.78, 5) is 14.4. The number of aliphatic hydroxyl groups excluding tert-OH is 1. The number of hydrogen-bond donors (Lipinski definition) is 3. The Bertz CT molecular complexity index is 1060. The van der Waals surface area contributed by atoms with Crippen LogP contribution in [0.1, 0.15) is 38.5 Å². The number of amides is 1. The summed E-state index contributed by atoms with van der Waals surface area (Å²) in [5, 5.41) is 12.9. The minimum Gasteiger partial charge on any atom is -0.391 e. The van der Waals surface area contributed by atoms with E-state index in [-0.39, 0.29) is 35.3 Å². The van der Waals surface area contributed by atoms with Gasteiger partial charge in [-0.3, -0.25) is 4.79 Å². The Labute approximate surface area is 178 Å². The zero-order valence-corrected chi connectivity index (χ0v) is 17.0. The van der Waals surface area contributed by atoms with Gasteiger partial charge in [-0.05, 0) is 74.1 Å². The normalized spacial score (nSPS) is 20.8. The number of benzene rings is 2. The summed E-state index contributed by atoms with van der Waals surface area (Å²) in [5.74, 6) is -1.19. The second kappa shape index (κ2) is 9.14. The number of rotatable bonds is 3. The van der Waals surface area contributed by atoms with Gasteiger partial charge >= 0.3 is 0 Å². The summed E-state index contributed by atoms with van der Waals surface area (Å²) < 4.78 is 39.4. The predicted molar refractivity (Wildman–Crippen MR) is 113 cm³/mol. The maximum absolute atomic E-state index is 13.5. The van der Waals surface area contributed by atoms with Crippen molar-refractivity contribution in [2.24, 2.45) is 5.92 Å². The minimum absolute atomic E-state index is 0.0353. The number of nitrogens with one attached hydrogen (secondary N) is 2. The Hall–Kier alpha value is -2.80. The molecular weight excluding hydrogens is 405 g/mol. The van der Waals surface area contributed by atoms with Crippen LogP contribution in [0.2, 0.25) is 0 Å². The highest BCUT2D eigenvalue weighted by Crippen LogP contribution is 2.28. The van der Waals surface area contributed by atoms with E-state index in [1.807, 2.05) is 0 Å². The Kier molecular flexibility index (Phi) is 6.32. The fourth-order valence-corrected chi connectivity index (χ4v) is 4.03. The SMILES string of the molecule is Fc1ccc(-c2cc3cc(F)cc(F)c3[nH]2)cc1.O=C(NC1CCCC1O)C1CCC1. The molecule has 31 heavy (non-hydrogen) atoms. The lowest BCUT2D eigenvalue weighted by Gasteiger charge is -2.26. The van der Waals surface area contributed by atoms with Crippen LogP contribution in [0.15, 0.2) is 42.5 Å². The Morgan fingerprint density at radius 1 is 0.935 bits per heavy atom. The van der Waals surface area contributed by atoms with Gasteiger partial charge in [-0.15, -0.1) is 0 Å². The number of carbonyl (C=O) groups is 1. The van der Waals surface area contributed by atoms with Crippen molar-refractivity contribution in [1.82, 2.24) is 10.3 Å². The van der Waals surface area contributed by atoms with Crippen LogP contribution in [0.25, 0.3) is 22.2 Å². The van der Waals surface area contributed by atoms with Crippen LogP contribution in [-0.4, -0.2) is 28.1 Å². The zero-order chi connectivity index (χ0) is 22.0. The van der Waals surface area contributed by atoms with Crippen LogP contribution in [0.5, 0.6) is 0 Å². The van der Waals surface area contributed by atoms with Crippen molar-refractivity contribution >= 4 is 16.8 Å². The fraction of sp³-hybridized carbons (Fsp3) is 0.375. The number of carbonyl (C=O) groups excluding carboxylic acids is 1. The molecule has 5 rings (SSSR count). The number of aliphatic hydroxyl groups is 1. The number of halogens is 3. The van der Waals surface area contributed by atoms with E-state index in [1.54, 1.807) is 18.2 Å². The number of hydrogen-bond acceptors (Lipinski definition) is 2. The number of aromatic nitrogens is 1. The van der Waals surface area contributed by atoms with Crippen LogP contribution < -0.4 is 5.32 Å². The molecule has 2 atom stereocenters. The average Bonchev–Trinajstić information content (AvgIpc) is 3.28. The van der Waals surface area contributed by atoms with E-state index in [2.05, 4.69) is 10.3 Å². The third-order valence-corrected chi connectivity index (χ3v) is 6.08. The lowest BCUT2D eigenvalue weighted by Crippen LogP contribution is -2.44. The molecule has 2 fully saturated rings. The molecule has 2 saturated carbocycles. The maximum Gasteiger partial charge on any atom is 0.223 e. The largest absolute Gasteiger partial charge is 0.391 e. The first kappa shape index (κ1) is 21.4. The maximum atomic E-state index is 13.5. The van der Waals surface area contributed by atoms with Crippen molar-refractivity contribution in [2.75, 3.05) is 0 Å². The molecule has 7 heteroatoms. The van der Waals surface area contributed by atoms with Crippen LogP contribution in [-0.2, 0) is 4.79 Å².